The van der Waals surface area contributed by atoms with Crippen molar-refractivity contribution in [3.05, 3.63) is 45.4 Å². The van der Waals surface area contributed by atoms with Crippen LogP contribution in [0, 0.1) is 12.8 Å². The molecule has 0 bridgehead atoms. The van der Waals surface area contributed by atoms with E-state index < -0.39 is 0 Å². The van der Waals surface area contributed by atoms with Gasteiger partial charge in [0.1, 0.15) is 6.54 Å². The lowest BCUT2D eigenvalue weighted by atomic mass is 10.1. The number of thiazole rings is 1. The van der Waals surface area contributed by atoms with E-state index in [4.69, 9.17) is 0 Å². The highest BCUT2D eigenvalue weighted by Crippen LogP contribution is 2.19. The second-order valence-electron chi connectivity index (χ2n) is 6.23. The summed E-state index contributed by atoms with van der Waals surface area (Å²) in [7, 11) is 0. The molecule has 2 rings (SSSR count). The van der Waals surface area contributed by atoms with Crippen molar-refractivity contribution < 1.29 is 9.59 Å². The van der Waals surface area contributed by atoms with Crippen LogP contribution in [-0.4, -0.2) is 34.8 Å². The number of hydrogen-bond donors (Lipinski definition) is 1. The van der Waals surface area contributed by atoms with Gasteiger partial charge in [0.05, 0.1) is 11.3 Å². The number of nitrogens with zero attached hydrogens (tertiary/aromatic N) is 2. The van der Waals surface area contributed by atoms with Crippen LogP contribution in [0.1, 0.15) is 36.3 Å². The van der Waals surface area contributed by atoms with Gasteiger partial charge >= 0.3 is 0 Å². The molecular weight excluding hydrogens is 402 g/mol. The molecule has 25 heavy (non-hydrogen) atoms. The Labute approximate surface area is 160 Å². The van der Waals surface area contributed by atoms with Crippen molar-refractivity contribution >= 4 is 44.2 Å². The summed E-state index contributed by atoms with van der Waals surface area (Å²) in [5.41, 5.74) is 1.42. The van der Waals surface area contributed by atoms with E-state index in [1.165, 1.54) is 11.3 Å². The van der Waals surface area contributed by atoms with Crippen molar-refractivity contribution in [3.63, 3.8) is 0 Å². The monoisotopic (exact) mass is 423 g/mol. The summed E-state index contributed by atoms with van der Waals surface area (Å²) in [6.45, 7) is 6.60. The van der Waals surface area contributed by atoms with Gasteiger partial charge in [-0.25, -0.2) is 4.98 Å². The Morgan fingerprint density at radius 3 is 2.64 bits per heavy atom. The van der Waals surface area contributed by atoms with Gasteiger partial charge in [-0.1, -0.05) is 26.0 Å². The van der Waals surface area contributed by atoms with Gasteiger partial charge in [0.15, 0.2) is 5.13 Å². The molecule has 134 valence electrons. The normalized spacial score (nSPS) is 10.8. The summed E-state index contributed by atoms with van der Waals surface area (Å²) in [6.07, 6.45) is 0.833. The molecular formula is C18H22BrN3O2S. The van der Waals surface area contributed by atoms with Crippen molar-refractivity contribution in [1.29, 1.82) is 0 Å². The molecule has 5 nitrogen and oxygen atoms in total. The van der Waals surface area contributed by atoms with Crippen molar-refractivity contribution in [3.8, 4) is 0 Å². The van der Waals surface area contributed by atoms with E-state index in [0.717, 1.165) is 16.6 Å². The molecule has 2 aromatic rings. The summed E-state index contributed by atoms with van der Waals surface area (Å²) in [4.78, 5) is 31.0. The van der Waals surface area contributed by atoms with Crippen LogP contribution in [-0.2, 0) is 4.79 Å². The number of nitrogens with one attached hydrogen (secondary N) is 1. The van der Waals surface area contributed by atoms with Crippen LogP contribution in [0.3, 0.4) is 0 Å². The topological polar surface area (TPSA) is 62.3 Å². The third kappa shape index (κ3) is 5.93. The average Bonchev–Trinajstić information content (AvgIpc) is 2.96. The first-order valence-corrected chi connectivity index (χ1v) is 9.80. The Hall–Kier alpha value is -1.73. The molecule has 7 heteroatoms. The summed E-state index contributed by atoms with van der Waals surface area (Å²) in [5.74, 6) is 0.0521. The Kier molecular flexibility index (Phi) is 7.13. The Bertz CT molecular complexity index is 745. The molecule has 0 aliphatic heterocycles. The highest BCUT2D eigenvalue weighted by molar-refractivity contribution is 9.10. The fourth-order valence-corrected chi connectivity index (χ4v) is 3.37. The number of amides is 2. The molecule has 0 aliphatic carbocycles. The maximum Gasteiger partial charge on any atom is 0.255 e. The van der Waals surface area contributed by atoms with Gasteiger partial charge in [-0.3, -0.25) is 9.59 Å². The third-order valence-corrected chi connectivity index (χ3v) is 5.13. The van der Waals surface area contributed by atoms with Gasteiger partial charge in [-0.2, -0.15) is 0 Å². The van der Waals surface area contributed by atoms with Gasteiger partial charge in [-0.05, 0) is 47.3 Å². The van der Waals surface area contributed by atoms with Gasteiger partial charge in [0.25, 0.3) is 5.91 Å². The third-order valence-electron chi connectivity index (χ3n) is 3.57. The number of carbonyl (C=O) groups is 2. The van der Waals surface area contributed by atoms with E-state index in [0.29, 0.717) is 23.2 Å². The average molecular weight is 424 g/mol. The first kappa shape index (κ1) is 19.6. The smallest absolute Gasteiger partial charge is 0.255 e. The molecule has 0 atom stereocenters. The molecule has 0 spiro atoms. The Morgan fingerprint density at radius 1 is 1.32 bits per heavy atom. The quantitative estimate of drug-likeness (QED) is 0.719. The minimum absolute atomic E-state index is 0.00547. The Morgan fingerprint density at radius 2 is 2.04 bits per heavy atom. The number of carbonyl (C=O) groups excluding carboxylic acids is 2. The molecule has 0 radical (unpaired) electrons. The van der Waals surface area contributed by atoms with Crippen LogP contribution < -0.4 is 5.32 Å². The fraction of sp³-hybridized carbons (Fsp3) is 0.389. The first-order chi connectivity index (χ1) is 11.9. The van der Waals surface area contributed by atoms with Crippen LogP contribution in [0.15, 0.2) is 34.1 Å². The van der Waals surface area contributed by atoms with Crippen LogP contribution >= 0.6 is 27.3 Å². The van der Waals surface area contributed by atoms with E-state index in [9.17, 15) is 9.59 Å². The lowest BCUT2D eigenvalue weighted by Gasteiger charge is -2.23. The molecule has 0 saturated heterocycles. The summed E-state index contributed by atoms with van der Waals surface area (Å²) >= 11 is 4.79. The number of anilines is 1. The molecule has 0 fully saturated rings. The number of aromatic nitrogens is 1. The standard InChI is InChI=1S/C18H22BrN3O2S/c1-12(2)8-9-22(17(24)14-6-4-5-7-15(14)19)10-16(23)21-18-20-13(3)11-25-18/h4-7,11-12H,8-10H2,1-3H3,(H,20,21,23). The maximum atomic E-state index is 12.9. The first-order valence-electron chi connectivity index (χ1n) is 8.12. The molecule has 1 heterocycles. The maximum absolute atomic E-state index is 12.9. The molecule has 1 aromatic heterocycles. The minimum Gasteiger partial charge on any atom is -0.329 e. The van der Waals surface area contributed by atoms with E-state index in [-0.39, 0.29) is 18.4 Å². The zero-order valence-corrected chi connectivity index (χ0v) is 17.0. The van der Waals surface area contributed by atoms with Crippen molar-refractivity contribution in [1.82, 2.24) is 9.88 Å². The fourth-order valence-electron chi connectivity index (χ4n) is 2.21. The van der Waals surface area contributed by atoms with Gasteiger partial charge in [0.2, 0.25) is 5.91 Å². The summed E-state index contributed by atoms with van der Waals surface area (Å²) < 4.78 is 0.727. The highest BCUT2D eigenvalue weighted by atomic mass is 79.9. The zero-order valence-electron chi connectivity index (χ0n) is 14.6. The van der Waals surface area contributed by atoms with Crippen LogP contribution in [0.25, 0.3) is 0 Å². The number of rotatable bonds is 7. The van der Waals surface area contributed by atoms with Crippen LogP contribution in [0.2, 0.25) is 0 Å². The molecule has 0 unspecified atom stereocenters. The molecule has 0 saturated carbocycles. The van der Waals surface area contributed by atoms with Crippen LogP contribution in [0.5, 0.6) is 0 Å². The van der Waals surface area contributed by atoms with Gasteiger partial charge < -0.3 is 10.2 Å². The number of hydrogen-bond acceptors (Lipinski definition) is 4. The number of halogens is 1. The highest BCUT2D eigenvalue weighted by Gasteiger charge is 2.21. The molecule has 1 aromatic carbocycles. The number of aryl methyl sites for hydroxylation is 1. The summed E-state index contributed by atoms with van der Waals surface area (Å²) in [5, 5.41) is 5.19. The Balaban J connectivity index is 2.10. The van der Waals surface area contributed by atoms with E-state index in [1.54, 1.807) is 11.0 Å². The van der Waals surface area contributed by atoms with Gasteiger partial charge in [0, 0.05) is 16.4 Å². The van der Waals surface area contributed by atoms with Crippen molar-refractivity contribution in [2.24, 2.45) is 5.92 Å². The second-order valence-corrected chi connectivity index (χ2v) is 7.94. The van der Waals surface area contributed by atoms with E-state index >= 15 is 0 Å². The zero-order chi connectivity index (χ0) is 18.4. The summed E-state index contributed by atoms with van der Waals surface area (Å²) in [6, 6.07) is 7.26. The molecule has 0 aliphatic rings. The van der Waals surface area contributed by atoms with Crippen molar-refractivity contribution in [2.75, 3.05) is 18.4 Å². The lowest BCUT2D eigenvalue weighted by Crippen LogP contribution is -2.39. The van der Waals surface area contributed by atoms with Crippen LogP contribution in [0.4, 0.5) is 5.13 Å². The van der Waals surface area contributed by atoms with E-state index in [2.05, 4.69) is 40.1 Å². The van der Waals surface area contributed by atoms with Gasteiger partial charge in [-0.15, -0.1) is 11.3 Å². The predicted molar refractivity (Wildman–Crippen MR) is 105 cm³/mol. The molecule has 2 amide bonds. The molecule has 1 N–H and O–H groups in total. The predicted octanol–water partition coefficient (Wildman–Crippen LogP) is 4.34. The lowest BCUT2D eigenvalue weighted by molar-refractivity contribution is -0.116. The minimum atomic E-state index is -0.237. The second kappa shape index (κ2) is 9.10. The largest absolute Gasteiger partial charge is 0.329 e. The number of benzene rings is 1. The SMILES string of the molecule is Cc1csc(NC(=O)CN(CCC(C)C)C(=O)c2ccccc2Br)n1. The van der Waals surface area contributed by atoms with E-state index in [1.807, 2.05) is 30.5 Å². The van der Waals surface area contributed by atoms with Crippen molar-refractivity contribution in [2.45, 2.75) is 27.2 Å².